The number of aryl methyl sites for hydroxylation is 1. The normalized spacial score (nSPS) is 17.1. The third kappa shape index (κ3) is 2.47. The highest BCUT2D eigenvalue weighted by molar-refractivity contribution is 9.10. The topological polar surface area (TPSA) is 46.2 Å². The summed E-state index contributed by atoms with van der Waals surface area (Å²) in [6.45, 7) is 1.81. The lowest BCUT2D eigenvalue weighted by molar-refractivity contribution is 0.383. The average molecular weight is 304 g/mol. The molecule has 0 amide bonds. The van der Waals surface area contributed by atoms with Gasteiger partial charge >= 0.3 is 0 Å². The molecule has 1 aliphatic rings. The molecule has 1 saturated carbocycles. The molecular formula is C11H14BrNO2S. The first-order chi connectivity index (χ1) is 7.49. The van der Waals surface area contributed by atoms with Crippen LogP contribution in [0.2, 0.25) is 0 Å². The quantitative estimate of drug-likeness (QED) is 0.933. The zero-order valence-corrected chi connectivity index (χ0v) is 11.4. The Morgan fingerprint density at radius 2 is 2.06 bits per heavy atom. The summed E-state index contributed by atoms with van der Waals surface area (Å²) >= 11 is 3.32. The highest BCUT2D eigenvalue weighted by atomic mass is 79.9. The Hall–Kier alpha value is -0.390. The van der Waals surface area contributed by atoms with Crippen LogP contribution in [0.3, 0.4) is 0 Å². The Bertz CT molecular complexity index is 495. The number of nitrogens with one attached hydrogen (secondary N) is 1. The van der Waals surface area contributed by atoms with Gasteiger partial charge < -0.3 is 0 Å². The van der Waals surface area contributed by atoms with Crippen molar-refractivity contribution in [3.8, 4) is 0 Å². The number of hydrogen-bond donors (Lipinski definition) is 1. The fourth-order valence-electron chi connectivity index (χ4n) is 1.72. The highest BCUT2D eigenvalue weighted by Gasteiger charge is 2.25. The van der Waals surface area contributed by atoms with Crippen LogP contribution < -0.4 is 4.72 Å². The van der Waals surface area contributed by atoms with E-state index in [4.69, 9.17) is 0 Å². The molecule has 0 atom stereocenters. The maximum Gasteiger partial charge on any atom is 0.241 e. The highest BCUT2D eigenvalue weighted by Crippen LogP contribution is 2.24. The lowest BCUT2D eigenvalue weighted by Crippen LogP contribution is -2.39. The standard InChI is InChI=1S/C11H14BrNO2S/c1-8-7-9(12)5-6-11(8)16(14,15)13-10-3-2-4-10/h5-7,10,13H,2-4H2,1H3. The van der Waals surface area contributed by atoms with Crippen molar-refractivity contribution in [1.29, 1.82) is 0 Å². The number of rotatable bonds is 3. The van der Waals surface area contributed by atoms with Crippen LogP contribution in [0.25, 0.3) is 0 Å². The first kappa shape index (κ1) is 12.1. The van der Waals surface area contributed by atoms with Gasteiger partial charge in [0.25, 0.3) is 0 Å². The van der Waals surface area contributed by atoms with Crippen LogP contribution in [-0.4, -0.2) is 14.5 Å². The molecule has 0 radical (unpaired) electrons. The van der Waals surface area contributed by atoms with Crippen molar-refractivity contribution in [3.05, 3.63) is 28.2 Å². The van der Waals surface area contributed by atoms with Crippen LogP contribution in [0.5, 0.6) is 0 Å². The van der Waals surface area contributed by atoms with Crippen LogP contribution in [0.1, 0.15) is 24.8 Å². The second kappa shape index (κ2) is 4.47. The van der Waals surface area contributed by atoms with Gasteiger partial charge in [0.05, 0.1) is 4.90 Å². The monoisotopic (exact) mass is 303 g/mol. The van der Waals surface area contributed by atoms with Crippen LogP contribution in [0, 0.1) is 6.92 Å². The minimum absolute atomic E-state index is 0.132. The Labute approximate surface area is 104 Å². The smallest absolute Gasteiger partial charge is 0.208 e. The van der Waals surface area contributed by atoms with Crippen molar-refractivity contribution in [1.82, 2.24) is 4.72 Å². The van der Waals surface area contributed by atoms with Gasteiger partial charge in [0, 0.05) is 10.5 Å². The molecule has 0 unspecified atom stereocenters. The van der Waals surface area contributed by atoms with E-state index in [0.717, 1.165) is 29.3 Å². The molecular weight excluding hydrogens is 290 g/mol. The van der Waals surface area contributed by atoms with Crippen LogP contribution in [-0.2, 0) is 10.0 Å². The van der Waals surface area contributed by atoms with Crippen molar-refractivity contribution in [2.75, 3.05) is 0 Å². The summed E-state index contributed by atoms with van der Waals surface area (Å²) < 4.78 is 27.7. The molecule has 1 N–H and O–H groups in total. The van der Waals surface area contributed by atoms with E-state index in [9.17, 15) is 8.42 Å². The molecule has 0 bridgehead atoms. The van der Waals surface area contributed by atoms with Gasteiger partial charge in [0.2, 0.25) is 10.0 Å². The Morgan fingerprint density at radius 1 is 1.38 bits per heavy atom. The molecule has 16 heavy (non-hydrogen) atoms. The summed E-state index contributed by atoms with van der Waals surface area (Å²) in [6.07, 6.45) is 3.02. The number of halogens is 1. The third-order valence-electron chi connectivity index (χ3n) is 2.85. The molecule has 0 heterocycles. The van der Waals surface area contributed by atoms with Gasteiger partial charge in [0.1, 0.15) is 0 Å². The Balaban J connectivity index is 2.27. The fraction of sp³-hybridized carbons (Fsp3) is 0.455. The van der Waals surface area contributed by atoms with Gasteiger partial charge in [-0.05, 0) is 43.5 Å². The van der Waals surface area contributed by atoms with Gasteiger partial charge in [0.15, 0.2) is 0 Å². The summed E-state index contributed by atoms with van der Waals surface area (Å²) in [7, 11) is -3.34. The first-order valence-electron chi connectivity index (χ1n) is 5.27. The van der Waals surface area contributed by atoms with E-state index in [1.54, 1.807) is 19.1 Å². The summed E-state index contributed by atoms with van der Waals surface area (Å²) in [5.41, 5.74) is 0.765. The molecule has 1 aliphatic carbocycles. The predicted octanol–water partition coefficient (Wildman–Crippen LogP) is 2.59. The Morgan fingerprint density at radius 3 is 2.56 bits per heavy atom. The molecule has 3 nitrogen and oxygen atoms in total. The van der Waals surface area contributed by atoms with E-state index in [-0.39, 0.29) is 6.04 Å². The third-order valence-corrected chi connectivity index (χ3v) is 5.03. The SMILES string of the molecule is Cc1cc(Br)ccc1S(=O)(=O)NC1CCC1. The molecule has 1 aromatic rings. The van der Waals surface area contributed by atoms with Crippen molar-refractivity contribution >= 4 is 26.0 Å². The summed E-state index contributed by atoms with van der Waals surface area (Å²) in [5.74, 6) is 0. The first-order valence-corrected chi connectivity index (χ1v) is 7.55. The van der Waals surface area contributed by atoms with Crippen molar-refractivity contribution in [2.24, 2.45) is 0 Å². The molecule has 88 valence electrons. The molecule has 0 saturated heterocycles. The molecule has 1 aromatic carbocycles. The van der Waals surface area contributed by atoms with Gasteiger partial charge in [-0.2, -0.15) is 0 Å². The lowest BCUT2D eigenvalue weighted by Gasteiger charge is -2.26. The van der Waals surface area contributed by atoms with Gasteiger partial charge in [-0.15, -0.1) is 0 Å². The Kier molecular flexibility index (Phi) is 3.37. The van der Waals surface area contributed by atoms with Crippen LogP contribution in [0.4, 0.5) is 0 Å². The minimum Gasteiger partial charge on any atom is -0.208 e. The zero-order chi connectivity index (χ0) is 11.8. The largest absolute Gasteiger partial charge is 0.241 e. The van der Waals surface area contributed by atoms with Crippen molar-refractivity contribution in [2.45, 2.75) is 37.1 Å². The van der Waals surface area contributed by atoms with E-state index < -0.39 is 10.0 Å². The predicted molar refractivity (Wildman–Crippen MR) is 66.8 cm³/mol. The second-order valence-electron chi connectivity index (χ2n) is 4.16. The maximum absolute atomic E-state index is 12.0. The average Bonchev–Trinajstić information content (AvgIpc) is 2.11. The zero-order valence-electron chi connectivity index (χ0n) is 9.03. The number of benzene rings is 1. The maximum atomic E-state index is 12.0. The number of sulfonamides is 1. The molecule has 2 rings (SSSR count). The summed E-state index contributed by atoms with van der Waals surface area (Å²) in [6, 6.07) is 5.34. The van der Waals surface area contributed by atoms with Gasteiger partial charge in [-0.1, -0.05) is 22.4 Å². The van der Waals surface area contributed by atoms with Crippen molar-refractivity contribution < 1.29 is 8.42 Å². The van der Waals surface area contributed by atoms with Crippen LogP contribution >= 0.6 is 15.9 Å². The lowest BCUT2D eigenvalue weighted by atomic mass is 9.94. The minimum atomic E-state index is -3.34. The molecule has 0 aliphatic heterocycles. The van der Waals surface area contributed by atoms with E-state index in [0.29, 0.717) is 4.90 Å². The number of hydrogen-bond acceptors (Lipinski definition) is 2. The fourth-order valence-corrected chi connectivity index (χ4v) is 3.73. The molecule has 0 aromatic heterocycles. The summed E-state index contributed by atoms with van der Waals surface area (Å²) in [5, 5.41) is 0. The second-order valence-corrected chi connectivity index (χ2v) is 6.76. The van der Waals surface area contributed by atoms with E-state index in [1.807, 2.05) is 6.07 Å². The molecule has 1 fully saturated rings. The van der Waals surface area contributed by atoms with Gasteiger partial charge in [-0.3, -0.25) is 0 Å². The molecule has 0 spiro atoms. The van der Waals surface area contributed by atoms with Crippen molar-refractivity contribution in [3.63, 3.8) is 0 Å². The molecule has 5 heteroatoms. The summed E-state index contributed by atoms with van der Waals surface area (Å²) in [4.78, 5) is 0.377. The van der Waals surface area contributed by atoms with Gasteiger partial charge in [-0.25, -0.2) is 13.1 Å². The van der Waals surface area contributed by atoms with E-state index in [1.165, 1.54) is 0 Å². The van der Waals surface area contributed by atoms with E-state index in [2.05, 4.69) is 20.7 Å². The van der Waals surface area contributed by atoms with Crippen LogP contribution in [0.15, 0.2) is 27.6 Å². The van der Waals surface area contributed by atoms with E-state index >= 15 is 0 Å².